The van der Waals surface area contributed by atoms with Gasteiger partial charge in [-0.05, 0) is 68.5 Å². The van der Waals surface area contributed by atoms with Gasteiger partial charge in [-0.2, -0.15) is 5.10 Å². The standard InChI is InChI=1S/C22H21Cl2N5O2/c1-14-25-13-26-29(14)18-5-2-4-17(11-18)27-20(30)21(31)28-22(8-3-9-22)12-15-6-7-16(23)10-19(15)24/h2,4-7,10-11,13H,3,8-9,12H2,1H3,(H,27,30)(H,28,31). The third kappa shape index (κ3) is 4.73. The van der Waals surface area contributed by atoms with Crippen molar-refractivity contribution in [1.29, 1.82) is 0 Å². The van der Waals surface area contributed by atoms with Crippen molar-refractivity contribution in [2.24, 2.45) is 0 Å². The Hall–Kier alpha value is -2.90. The van der Waals surface area contributed by atoms with Crippen molar-refractivity contribution in [2.75, 3.05) is 5.32 Å². The number of nitrogens with zero attached hydrogens (tertiary/aromatic N) is 3. The summed E-state index contributed by atoms with van der Waals surface area (Å²) >= 11 is 12.3. The molecule has 0 spiro atoms. The molecule has 31 heavy (non-hydrogen) atoms. The van der Waals surface area contributed by atoms with Crippen LogP contribution in [-0.4, -0.2) is 32.1 Å². The highest BCUT2D eigenvalue weighted by molar-refractivity contribution is 6.40. The highest BCUT2D eigenvalue weighted by atomic mass is 35.5. The molecule has 0 radical (unpaired) electrons. The molecular weight excluding hydrogens is 437 g/mol. The summed E-state index contributed by atoms with van der Waals surface area (Å²) in [6, 6.07) is 12.4. The molecule has 7 nitrogen and oxygen atoms in total. The molecule has 4 rings (SSSR count). The quantitative estimate of drug-likeness (QED) is 0.564. The number of aryl methyl sites for hydroxylation is 1. The Kier molecular flexibility index (Phi) is 5.98. The van der Waals surface area contributed by atoms with E-state index in [4.69, 9.17) is 23.2 Å². The van der Waals surface area contributed by atoms with Gasteiger partial charge in [0.05, 0.1) is 5.69 Å². The van der Waals surface area contributed by atoms with Gasteiger partial charge in [-0.3, -0.25) is 9.59 Å². The number of carbonyl (C=O) groups is 2. The summed E-state index contributed by atoms with van der Waals surface area (Å²) in [7, 11) is 0. The summed E-state index contributed by atoms with van der Waals surface area (Å²) in [6.07, 6.45) is 4.55. The van der Waals surface area contributed by atoms with Crippen molar-refractivity contribution in [3.05, 3.63) is 70.2 Å². The molecule has 0 saturated heterocycles. The number of hydrogen-bond acceptors (Lipinski definition) is 4. The molecule has 3 aromatic rings. The van der Waals surface area contributed by atoms with Crippen molar-refractivity contribution >= 4 is 40.7 Å². The molecule has 0 atom stereocenters. The Labute approximate surface area is 189 Å². The number of aromatic nitrogens is 3. The second kappa shape index (κ2) is 8.69. The van der Waals surface area contributed by atoms with E-state index in [0.29, 0.717) is 28.0 Å². The number of halogens is 2. The molecule has 0 bridgehead atoms. The van der Waals surface area contributed by atoms with Crippen molar-refractivity contribution in [3.8, 4) is 5.69 Å². The van der Waals surface area contributed by atoms with Crippen molar-refractivity contribution in [3.63, 3.8) is 0 Å². The Morgan fingerprint density at radius 3 is 2.58 bits per heavy atom. The zero-order valence-corrected chi connectivity index (χ0v) is 18.4. The molecule has 1 aromatic heterocycles. The summed E-state index contributed by atoms with van der Waals surface area (Å²) in [5.74, 6) is -0.679. The fourth-order valence-corrected chi connectivity index (χ4v) is 4.21. The van der Waals surface area contributed by atoms with Gasteiger partial charge in [-0.1, -0.05) is 35.3 Å². The van der Waals surface area contributed by atoms with Gasteiger partial charge in [0.15, 0.2) is 0 Å². The van der Waals surface area contributed by atoms with E-state index in [1.165, 1.54) is 6.33 Å². The van der Waals surface area contributed by atoms with Gasteiger partial charge in [-0.15, -0.1) is 0 Å². The summed E-state index contributed by atoms with van der Waals surface area (Å²) in [6.45, 7) is 1.83. The topological polar surface area (TPSA) is 88.9 Å². The summed E-state index contributed by atoms with van der Waals surface area (Å²) in [5.41, 5.74) is 1.64. The number of nitrogens with one attached hydrogen (secondary N) is 2. The van der Waals surface area contributed by atoms with Crippen LogP contribution >= 0.6 is 23.2 Å². The molecule has 1 aliphatic carbocycles. The first-order chi connectivity index (χ1) is 14.8. The molecule has 2 N–H and O–H groups in total. The third-order valence-electron chi connectivity index (χ3n) is 5.51. The lowest BCUT2D eigenvalue weighted by atomic mass is 9.72. The van der Waals surface area contributed by atoms with E-state index in [9.17, 15) is 9.59 Å². The smallest absolute Gasteiger partial charge is 0.313 e. The van der Waals surface area contributed by atoms with E-state index in [2.05, 4.69) is 20.7 Å². The van der Waals surface area contributed by atoms with Gasteiger partial charge >= 0.3 is 11.8 Å². The maximum Gasteiger partial charge on any atom is 0.313 e. The number of benzene rings is 2. The van der Waals surface area contributed by atoms with Crippen LogP contribution < -0.4 is 10.6 Å². The van der Waals surface area contributed by atoms with Crippen LogP contribution in [0.2, 0.25) is 10.0 Å². The molecular formula is C22H21Cl2N5O2. The van der Waals surface area contributed by atoms with E-state index in [1.54, 1.807) is 35.0 Å². The van der Waals surface area contributed by atoms with E-state index in [0.717, 1.165) is 30.5 Å². The van der Waals surface area contributed by atoms with Gasteiger partial charge in [0, 0.05) is 21.3 Å². The SMILES string of the molecule is Cc1ncnn1-c1cccc(NC(=O)C(=O)NC2(Cc3ccc(Cl)cc3Cl)CCC2)c1. The van der Waals surface area contributed by atoms with Gasteiger partial charge in [0.2, 0.25) is 0 Å². The zero-order chi connectivity index (χ0) is 22.0. The second-order valence-electron chi connectivity index (χ2n) is 7.72. The van der Waals surface area contributed by atoms with Crippen LogP contribution in [0.15, 0.2) is 48.8 Å². The molecule has 1 heterocycles. The fourth-order valence-electron chi connectivity index (χ4n) is 3.73. The van der Waals surface area contributed by atoms with E-state index in [1.807, 2.05) is 19.1 Å². The van der Waals surface area contributed by atoms with Gasteiger partial charge in [0.25, 0.3) is 0 Å². The molecule has 2 amide bonds. The van der Waals surface area contributed by atoms with Crippen molar-refractivity contribution in [1.82, 2.24) is 20.1 Å². The lowest BCUT2D eigenvalue weighted by Crippen LogP contribution is -2.57. The average molecular weight is 458 g/mol. The number of amides is 2. The minimum atomic E-state index is -0.721. The number of anilines is 1. The normalized spacial score (nSPS) is 14.5. The largest absolute Gasteiger partial charge is 0.342 e. The van der Waals surface area contributed by atoms with E-state index < -0.39 is 17.4 Å². The second-order valence-corrected chi connectivity index (χ2v) is 8.57. The van der Waals surface area contributed by atoms with E-state index in [-0.39, 0.29) is 0 Å². The van der Waals surface area contributed by atoms with Crippen LogP contribution in [0.1, 0.15) is 30.7 Å². The summed E-state index contributed by atoms with van der Waals surface area (Å²) in [5, 5.41) is 10.8. The molecule has 1 saturated carbocycles. The van der Waals surface area contributed by atoms with Gasteiger partial charge in [0.1, 0.15) is 12.2 Å². The van der Waals surface area contributed by atoms with Crippen molar-refractivity contribution < 1.29 is 9.59 Å². The molecule has 1 aliphatic rings. The molecule has 0 unspecified atom stereocenters. The number of carbonyl (C=O) groups excluding carboxylic acids is 2. The maximum atomic E-state index is 12.6. The van der Waals surface area contributed by atoms with Crippen molar-refractivity contribution in [2.45, 2.75) is 38.1 Å². The lowest BCUT2D eigenvalue weighted by Gasteiger charge is -2.42. The zero-order valence-electron chi connectivity index (χ0n) is 16.9. The third-order valence-corrected chi connectivity index (χ3v) is 6.09. The minimum Gasteiger partial charge on any atom is -0.342 e. The molecule has 160 valence electrons. The number of rotatable bonds is 5. The molecule has 0 aliphatic heterocycles. The Morgan fingerprint density at radius 1 is 1.13 bits per heavy atom. The number of hydrogen-bond donors (Lipinski definition) is 2. The summed E-state index contributed by atoms with van der Waals surface area (Å²) in [4.78, 5) is 29.3. The first-order valence-corrected chi connectivity index (χ1v) is 10.7. The average Bonchev–Trinajstić information content (AvgIpc) is 3.14. The van der Waals surface area contributed by atoms with Crippen LogP contribution in [0.3, 0.4) is 0 Å². The van der Waals surface area contributed by atoms with Crippen LogP contribution in [0.5, 0.6) is 0 Å². The van der Waals surface area contributed by atoms with E-state index >= 15 is 0 Å². The minimum absolute atomic E-state index is 0.481. The predicted octanol–water partition coefficient (Wildman–Crippen LogP) is 4.10. The first kappa shape index (κ1) is 21.3. The van der Waals surface area contributed by atoms with Gasteiger partial charge in [-0.25, -0.2) is 9.67 Å². The summed E-state index contributed by atoms with van der Waals surface area (Å²) < 4.78 is 1.65. The van der Waals surface area contributed by atoms with Gasteiger partial charge < -0.3 is 10.6 Å². The Balaban J connectivity index is 1.43. The first-order valence-electron chi connectivity index (χ1n) is 9.90. The van der Waals surface area contributed by atoms with Crippen LogP contribution in [0.4, 0.5) is 5.69 Å². The maximum absolute atomic E-state index is 12.6. The lowest BCUT2D eigenvalue weighted by molar-refractivity contribution is -0.138. The fraction of sp³-hybridized carbons (Fsp3) is 0.273. The Bertz CT molecular complexity index is 1140. The monoisotopic (exact) mass is 457 g/mol. The molecule has 9 heteroatoms. The molecule has 1 fully saturated rings. The molecule has 2 aromatic carbocycles. The van der Waals surface area contributed by atoms with Crippen LogP contribution in [-0.2, 0) is 16.0 Å². The van der Waals surface area contributed by atoms with Crippen LogP contribution in [0.25, 0.3) is 5.69 Å². The highest BCUT2D eigenvalue weighted by Crippen LogP contribution is 2.37. The van der Waals surface area contributed by atoms with Crippen LogP contribution in [0, 0.1) is 6.92 Å². The highest BCUT2D eigenvalue weighted by Gasteiger charge is 2.40. The Morgan fingerprint density at radius 2 is 1.94 bits per heavy atom. The predicted molar refractivity (Wildman–Crippen MR) is 120 cm³/mol.